The van der Waals surface area contributed by atoms with E-state index < -0.39 is 5.60 Å². The fourth-order valence-corrected chi connectivity index (χ4v) is 7.21. The van der Waals surface area contributed by atoms with Crippen LogP contribution in [0.2, 0.25) is 0 Å². The van der Waals surface area contributed by atoms with Gasteiger partial charge in [-0.3, -0.25) is 0 Å². The first-order valence-electron chi connectivity index (χ1n) is 12.8. The molecule has 0 saturated heterocycles. The molecule has 1 saturated carbocycles. The molecule has 1 spiro atoms. The third-order valence-electron chi connectivity index (χ3n) is 8.35. The van der Waals surface area contributed by atoms with Crippen LogP contribution in [-0.4, -0.2) is 25.4 Å². The van der Waals surface area contributed by atoms with Crippen LogP contribution in [0.5, 0.6) is 5.75 Å². The Labute approximate surface area is 197 Å². The normalized spacial score (nSPS) is 30.1. The summed E-state index contributed by atoms with van der Waals surface area (Å²) >= 11 is 0. The molecule has 3 atom stereocenters. The van der Waals surface area contributed by atoms with Gasteiger partial charge in [-0.15, -0.1) is 0 Å². The van der Waals surface area contributed by atoms with Crippen LogP contribution in [0.15, 0.2) is 77.1 Å². The van der Waals surface area contributed by atoms with Crippen LogP contribution in [0.3, 0.4) is 0 Å². The Morgan fingerprint density at radius 1 is 1.00 bits per heavy atom. The Morgan fingerprint density at radius 3 is 2.70 bits per heavy atom. The molecule has 0 bridgehead atoms. The molecule has 0 amide bonds. The number of benzene rings is 2. The third kappa shape index (κ3) is 2.84. The predicted molar refractivity (Wildman–Crippen MR) is 132 cm³/mol. The average Bonchev–Trinajstić information content (AvgIpc) is 3.55. The lowest BCUT2D eigenvalue weighted by atomic mass is 9.50. The second kappa shape index (κ2) is 8.06. The van der Waals surface area contributed by atoms with Gasteiger partial charge in [-0.05, 0) is 68.6 Å². The van der Waals surface area contributed by atoms with Crippen molar-refractivity contribution in [3.63, 3.8) is 0 Å². The van der Waals surface area contributed by atoms with Gasteiger partial charge in [-0.2, -0.15) is 0 Å². The van der Waals surface area contributed by atoms with Gasteiger partial charge >= 0.3 is 0 Å². The van der Waals surface area contributed by atoms with Gasteiger partial charge in [0.2, 0.25) is 0 Å². The smallest absolute Gasteiger partial charge is 0.165 e. The molecular weight excluding hydrogens is 408 g/mol. The van der Waals surface area contributed by atoms with Gasteiger partial charge in [0.1, 0.15) is 11.5 Å². The highest BCUT2D eigenvalue weighted by atomic mass is 16.5. The zero-order chi connectivity index (χ0) is 22.5. The number of fused-ring (bicyclic) bond motifs is 1. The number of hydrogen-bond donors (Lipinski definition) is 0. The standard InChI is InChI=1S/C30H34O3/c1-3-31-20-25-28(22-12-5-6-13-22)29-18-10-16-24(29)27(32-4-2)19-30(25,29)33-26-17-9-14-21-11-7-8-15-23(21)26/h7-9,11-12,14-15,17,19,24H,3-6,10,13,16,18,20H2,1-2H3/t24-,29-,30-/m1/s1. The largest absolute Gasteiger partial charge is 0.498 e. The van der Waals surface area contributed by atoms with E-state index in [0.717, 1.165) is 17.9 Å². The molecule has 0 aliphatic heterocycles. The fraction of sp³-hybridized carbons (Fsp3) is 0.467. The molecule has 0 heterocycles. The van der Waals surface area contributed by atoms with Gasteiger partial charge in [0.15, 0.2) is 5.60 Å². The molecule has 6 rings (SSSR count). The van der Waals surface area contributed by atoms with E-state index in [-0.39, 0.29) is 5.41 Å². The Hall–Kier alpha value is -2.52. The van der Waals surface area contributed by atoms with Crippen molar-refractivity contribution in [1.82, 2.24) is 0 Å². The highest BCUT2D eigenvalue weighted by Gasteiger charge is 2.74. The molecule has 0 N–H and O–H groups in total. The van der Waals surface area contributed by atoms with Gasteiger partial charge in [0, 0.05) is 29.6 Å². The fourth-order valence-electron chi connectivity index (χ4n) is 7.21. The van der Waals surface area contributed by atoms with E-state index >= 15 is 0 Å². The molecule has 3 heteroatoms. The molecule has 3 nitrogen and oxygen atoms in total. The van der Waals surface area contributed by atoms with E-state index in [0.29, 0.717) is 25.7 Å². The lowest BCUT2D eigenvalue weighted by molar-refractivity contribution is -0.0214. The average molecular weight is 443 g/mol. The van der Waals surface area contributed by atoms with E-state index in [2.05, 4.69) is 68.5 Å². The summed E-state index contributed by atoms with van der Waals surface area (Å²) in [6.07, 6.45) is 12.0. The first-order valence-corrected chi connectivity index (χ1v) is 12.8. The molecule has 2 aromatic carbocycles. The lowest BCUT2D eigenvalue weighted by Crippen LogP contribution is -2.62. The van der Waals surface area contributed by atoms with E-state index in [1.807, 2.05) is 0 Å². The van der Waals surface area contributed by atoms with Crippen LogP contribution in [0, 0.1) is 11.3 Å². The molecule has 1 fully saturated rings. The molecule has 0 radical (unpaired) electrons. The van der Waals surface area contributed by atoms with E-state index in [1.54, 1.807) is 11.1 Å². The van der Waals surface area contributed by atoms with Gasteiger partial charge in [0.05, 0.1) is 18.6 Å². The summed E-state index contributed by atoms with van der Waals surface area (Å²) in [4.78, 5) is 0. The van der Waals surface area contributed by atoms with E-state index in [1.165, 1.54) is 48.4 Å². The van der Waals surface area contributed by atoms with E-state index in [9.17, 15) is 0 Å². The lowest BCUT2D eigenvalue weighted by Gasteiger charge is -2.58. The second-order valence-corrected chi connectivity index (χ2v) is 9.82. The van der Waals surface area contributed by atoms with Gasteiger partial charge in [-0.25, -0.2) is 0 Å². The Kier molecular flexibility index (Phi) is 5.14. The Morgan fingerprint density at radius 2 is 1.88 bits per heavy atom. The molecule has 0 unspecified atom stereocenters. The highest BCUT2D eigenvalue weighted by Crippen LogP contribution is 2.74. The van der Waals surface area contributed by atoms with Gasteiger partial charge in [0.25, 0.3) is 0 Å². The van der Waals surface area contributed by atoms with Crippen LogP contribution in [0.1, 0.15) is 52.4 Å². The Balaban J connectivity index is 1.55. The van der Waals surface area contributed by atoms with Crippen molar-refractivity contribution in [3.05, 3.63) is 77.1 Å². The van der Waals surface area contributed by atoms with Gasteiger partial charge < -0.3 is 14.2 Å². The topological polar surface area (TPSA) is 27.7 Å². The van der Waals surface area contributed by atoms with Crippen LogP contribution in [0.4, 0.5) is 0 Å². The maximum absolute atomic E-state index is 7.23. The minimum atomic E-state index is -0.489. The molecular formula is C30H34O3. The molecule has 4 aliphatic carbocycles. The summed E-state index contributed by atoms with van der Waals surface area (Å²) in [6, 6.07) is 14.9. The van der Waals surface area contributed by atoms with Crippen molar-refractivity contribution in [2.75, 3.05) is 19.8 Å². The quantitative estimate of drug-likeness (QED) is 0.435. The minimum Gasteiger partial charge on any atom is -0.498 e. The van der Waals surface area contributed by atoms with Crippen LogP contribution in [-0.2, 0) is 9.47 Å². The highest BCUT2D eigenvalue weighted by molar-refractivity contribution is 5.88. The molecule has 2 aromatic rings. The van der Waals surface area contributed by atoms with Crippen molar-refractivity contribution in [3.8, 4) is 5.75 Å². The van der Waals surface area contributed by atoms with E-state index in [4.69, 9.17) is 14.2 Å². The molecule has 4 aliphatic rings. The first kappa shape index (κ1) is 21.0. The predicted octanol–water partition coefficient (Wildman–Crippen LogP) is 7.13. The van der Waals surface area contributed by atoms with Crippen molar-refractivity contribution in [2.24, 2.45) is 11.3 Å². The van der Waals surface area contributed by atoms with Gasteiger partial charge in [-0.1, -0.05) is 48.9 Å². The summed E-state index contributed by atoms with van der Waals surface area (Å²) in [6.45, 7) is 6.20. The summed E-state index contributed by atoms with van der Waals surface area (Å²) < 4.78 is 19.6. The third-order valence-corrected chi connectivity index (χ3v) is 8.35. The van der Waals surface area contributed by atoms with Crippen molar-refractivity contribution in [2.45, 2.75) is 58.0 Å². The van der Waals surface area contributed by atoms with Crippen LogP contribution < -0.4 is 4.74 Å². The zero-order valence-corrected chi connectivity index (χ0v) is 19.9. The van der Waals surface area contributed by atoms with Crippen LogP contribution in [0.25, 0.3) is 10.8 Å². The minimum absolute atomic E-state index is 0.0307. The number of hydrogen-bond acceptors (Lipinski definition) is 3. The van der Waals surface area contributed by atoms with Crippen molar-refractivity contribution < 1.29 is 14.2 Å². The second-order valence-electron chi connectivity index (χ2n) is 9.82. The molecule has 33 heavy (non-hydrogen) atoms. The maximum atomic E-state index is 7.23. The maximum Gasteiger partial charge on any atom is 0.165 e. The summed E-state index contributed by atoms with van der Waals surface area (Å²) in [5.74, 6) is 2.49. The SMILES string of the molecule is CCOCC1=C(C2=CCCC2)[C@@]23CCC[C@@H]2C(OCC)=C[C@@]13Oc1cccc2ccccc12. The number of ether oxygens (including phenoxy) is 3. The zero-order valence-electron chi connectivity index (χ0n) is 19.9. The number of allylic oxidation sites excluding steroid dienone is 3. The monoisotopic (exact) mass is 442 g/mol. The summed E-state index contributed by atoms with van der Waals surface area (Å²) in [7, 11) is 0. The molecule has 0 aromatic heterocycles. The van der Waals surface area contributed by atoms with Crippen molar-refractivity contribution >= 4 is 10.8 Å². The van der Waals surface area contributed by atoms with Crippen LogP contribution >= 0.6 is 0 Å². The van der Waals surface area contributed by atoms with Crippen molar-refractivity contribution in [1.29, 1.82) is 0 Å². The Bertz CT molecular complexity index is 1170. The summed E-state index contributed by atoms with van der Waals surface area (Å²) in [5, 5.41) is 2.38. The summed E-state index contributed by atoms with van der Waals surface area (Å²) in [5.41, 5.74) is 3.89. The first-order chi connectivity index (χ1) is 16.2. The molecule has 172 valence electrons. The number of rotatable bonds is 8.